The highest BCUT2D eigenvalue weighted by Crippen LogP contribution is 2.27. The first kappa shape index (κ1) is 12.1. The molecule has 17 heavy (non-hydrogen) atoms. The van der Waals surface area contributed by atoms with Gasteiger partial charge in [-0.05, 0) is 30.9 Å². The maximum absolute atomic E-state index is 9.92. The zero-order valence-electron chi connectivity index (χ0n) is 9.92. The monoisotopic (exact) mass is 233 g/mol. The Morgan fingerprint density at radius 2 is 2.00 bits per heavy atom. The van der Waals surface area contributed by atoms with Gasteiger partial charge in [-0.1, -0.05) is 25.0 Å². The van der Waals surface area contributed by atoms with E-state index in [9.17, 15) is 10.2 Å². The highest BCUT2D eigenvalue weighted by atomic mass is 16.3. The number of aliphatic hydroxyl groups is 1. The van der Waals surface area contributed by atoms with Crippen molar-refractivity contribution >= 4 is 6.21 Å². The number of phenols is 1. The Morgan fingerprint density at radius 1 is 1.29 bits per heavy atom. The number of nitrogens with zero attached hydrogens (tertiary/aromatic N) is 1. The Labute approximate surface area is 102 Å². The van der Waals surface area contributed by atoms with Gasteiger partial charge in [-0.2, -0.15) is 0 Å². The largest absolute Gasteiger partial charge is 0.507 e. The molecule has 0 amide bonds. The fourth-order valence-electron chi connectivity index (χ4n) is 2.35. The summed E-state index contributed by atoms with van der Waals surface area (Å²) in [6, 6.07) is 7.07. The molecule has 3 heteroatoms. The van der Waals surface area contributed by atoms with Crippen LogP contribution in [0.15, 0.2) is 29.3 Å². The van der Waals surface area contributed by atoms with Crippen molar-refractivity contribution in [2.24, 2.45) is 10.9 Å². The van der Waals surface area contributed by atoms with Crippen LogP contribution in [-0.4, -0.2) is 29.1 Å². The number of aliphatic hydroxyl groups excluding tert-OH is 1. The number of aromatic hydroxyl groups is 1. The number of para-hydroxylation sites is 1. The van der Waals surface area contributed by atoms with Crippen LogP contribution in [0.25, 0.3) is 0 Å². The summed E-state index contributed by atoms with van der Waals surface area (Å²) in [4.78, 5) is 4.21. The normalized spacial score (nSPS) is 18.9. The van der Waals surface area contributed by atoms with E-state index in [2.05, 4.69) is 4.99 Å². The molecule has 2 rings (SSSR count). The van der Waals surface area contributed by atoms with E-state index in [1.807, 2.05) is 6.07 Å². The van der Waals surface area contributed by atoms with Crippen molar-refractivity contribution < 1.29 is 10.2 Å². The number of aliphatic imine (C=N–C) groups is 1. The fourth-order valence-corrected chi connectivity index (χ4v) is 2.35. The Bertz CT molecular complexity index is 384. The van der Waals surface area contributed by atoms with Crippen molar-refractivity contribution in [2.45, 2.75) is 31.8 Å². The molecule has 1 atom stereocenters. The molecule has 1 fully saturated rings. The van der Waals surface area contributed by atoms with E-state index >= 15 is 0 Å². The van der Waals surface area contributed by atoms with E-state index in [1.54, 1.807) is 24.4 Å². The molecule has 1 aromatic carbocycles. The Kier molecular flexibility index (Phi) is 4.15. The van der Waals surface area contributed by atoms with Crippen molar-refractivity contribution in [3.8, 4) is 5.75 Å². The summed E-state index contributed by atoms with van der Waals surface area (Å²) in [6.45, 7) is 0.430. The van der Waals surface area contributed by atoms with Gasteiger partial charge in [0.25, 0.3) is 0 Å². The van der Waals surface area contributed by atoms with Gasteiger partial charge in [-0.25, -0.2) is 0 Å². The second-order valence-corrected chi connectivity index (χ2v) is 4.66. The van der Waals surface area contributed by atoms with Gasteiger partial charge in [0.05, 0.1) is 12.6 Å². The molecule has 0 saturated heterocycles. The van der Waals surface area contributed by atoms with Crippen LogP contribution in [0.3, 0.4) is 0 Å². The van der Waals surface area contributed by atoms with Gasteiger partial charge in [0.15, 0.2) is 0 Å². The minimum absolute atomic E-state index is 0.228. The quantitative estimate of drug-likeness (QED) is 0.784. The third kappa shape index (κ3) is 3.30. The molecular weight excluding hydrogens is 214 g/mol. The van der Waals surface area contributed by atoms with Gasteiger partial charge in [0.2, 0.25) is 0 Å². The molecule has 2 N–H and O–H groups in total. The maximum atomic E-state index is 9.92. The summed E-state index contributed by atoms with van der Waals surface area (Å²) in [7, 11) is 0. The standard InChI is InChI=1S/C14H19NO2/c16-13-8-4-3-7-12(13)9-15-10-14(17)11-5-1-2-6-11/h3-4,7-9,11,14,16-17H,1-2,5-6,10H2. The first-order valence-corrected chi connectivity index (χ1v) is 6.23. The highest BCUT2D eigenvalue weighted by Gasteiger charge is 2.22. The smallest absolute Gasteiger partial charge is 0.124 e. The molecule has 1 saturated carbocycles. The molecule has 1 unspecified atom stereocenters. The predicted molar refractivity (Wildman–Crippen MR) is 68.5 cm³/mol. The van der Waals surface area contributed by atoms with E-state index in [0.29, 0.717) is 18.0 Å². The van der Waals surface area contributed by atoms with Gasteiger partial charge in [-0.15, -0.1) is 0 Å². The van der Waals surface area contributed by atoms with Crippen LogP contribution >= 0.6 is 0 Å². The van der Waals surface area contributed by atoms with Crippen molar-refractivity contribution in [1.29, 1.82) is 0 Å². The maximum Gasteiger partial charge on any atom is 0.124 e. The summed E-state index contributed by atoms with van der Waals surface area (Å²) in [5, 5.41) is 19.5. The van der Waals surface area contributed by atoms with E-state index < -0.39 is 0 Å². The SMILES string of the molecule is Oc1ccccc1C=NCC(O)C1CCCC1. The van der Waals surface area contributed by atoms with Crippen LogP contribution in [0.4, 0.5) is 0 Å². The average molecular weight is 233 g/mol. The fraction of sp³-hybridized carbons (Fsp3) is 0.500. The molecule has 0 bridgehead atoms. The number of hydrogen-bond acceptors (Lipinski definition) is 3. The zero-order chi connectivity index (χ0) is 12.1. The summed E-state index contributed by atoms with van der Waals surface area (Å²) >= 11 is 0. The summed E-state index contributed by atoms with van der Waals surface area (Å²) < 4.78 is 0. The molecule has 1 aliphatic carbocycles. The topological polar surface area (TPSA) is 52.8 Å². The Morgan fingerprint density at radius 3 is 2.71 bits per heavy atom. The zero-order valence-corrected chi connectivity index (χ0v) is 9.92. The minimum Gasteiger partial charge on any atom is -0.507 e. The summed E-state index contributed by atoms with van der Waals surface area (Å²) in [6.07, 6.45) is 5.99. The second-order valence-electron chi connectivity index (χ2n) is 4.66. The van der Waals surface area contributed by atoms with Crippen LogP contribution < -0.4 is 0 Å². The third-order valence-electron chi connectivity index (χ3n) is 3.40. The van der Waals surface area contributed by atoms with E-state index in [4.69, 9.17) is 0 Å². The number of rotatable bonds is 4. The lowest BCUT2D eigenvalue weighted by atomic mass is 10.0. The first-order valence-electron chi connectivity index (χ1n) is 6.23. The summed E-state index contributed by atoms with van der Waals surface area (Å²) in [5.74, 6) is 0.642. The molecule has 1 aliphatic rings. The average Bonchev–Trinajstić information content (AvgIpc) is 2.85. The summed E-state index contributed by atoms with van der Waals surface area (Å²) in [5.41, 5.74) is 0.700. The van der Waals surface area contributed by atoms with E-state index in [0.717, 1.165) is 12.8 Å². The number of benzene rings is 1. The molecular formula is C14H19NO2. The van der Waals surface area contributed by atoms with E-state index in [1.165, 1.54) is 12.8 Å². The lowest BCUT2D eigenvalue weighted by Crippen LogP contribution is -2.20. The second kappa shape index (κ2) is 5.82. The first-order chi connectivity index (χ1) is 8.27. The van der Waals surface area contributed by atoms with Gasteiger partial charge >= 0.3 is 0 Å². The lowest BCUT2D eigenvalue weighted by Gasteiger charge is -2.14. The van der Waals surface area contributed by atoms with Gasteiger partial charge < -0.3 is 10.2 Å². The van der Waals surface area contributed by atoms with E-state index in [-0.39, 0.29) is 11.9 Å². The Balaban J connectivity index is 1.87. The highest BCUT2D eigenvalue weighted by molar-refractivity contribution is 5.83. The molecule has 0 spiro atoms. The van der Waals surface area contributed by atoms with Gasteiger partial charge in [-0.3, -0.25) is 4.99 Å². The van der Waals surface area contributed by atoms with Gasteiger partial charge in [0.1, 0.15) is 5.75 Å². The number of hydrogen-bond donors (Lipinski definition) is 2. The molecule has 0 heterocycles. The molecule has 0 radical (unpaired) electrons. The molecule has 92 valence electrons. The molecule has 0 aliphatic heterocycles. The third-order valence-corrected chi connectivity index (χ3v) is 3.40. The van der Waals surface area contributed by atoms with Crippen LogP contribution in [0, 0.1) is 5.92 Å². The number of phenolic OH excluding ortho intramolecular Hbond substituents is 1. The van der Waals surface area contributed by atoms with Crippen LogP contribution in [-0.2, 0) is 0 Å². The van der Waals surface area contributed by atoms with Crippen molar-refractivity contribution in [2.75, 3.05) is 6.54 Å². The van der Waals surface area contributed by atoms with Crippen molar-refractivity contribution in [1.82, 2.24) is 0 Å². The molecule has 1 aromatic rings. The van der Waals surface area contributed by atoms with Crippen LogP contribution in [0.1, 0.15) is 31.2 Å². The van der Waals surface area contributed by atoms with Crippen molar-refractivity contribution in [3.63, 3.8) is 0 Å². The minimum atomic E-state index is -0.334. The Hall–Kier alpha value is -1.35. The molecule has 0 aromatic heterocycles. The van der Waals surface area contributed by atoms with Crippen LogP contribution in [0.5, 0.6) is 5.75 Å². The van der Waals surface area contributed by atoms with Crippen molar-refractivity contribution in [3.05, 3.63) is 29.8 Å². The molecule has 3 nitrogen and oxygen atoms in total. The lowest BCUT2D eigenvalue weighted by molar-refractivity contribution is 0.119. The van der Waals surface area contributed by atoms with Gasteiger partial charge in [0, 0.05) is 11.8 Å². The predicted octanol–water partition coefficient (Wildman–Crippen LogP) is 2.36. The van der Waals surface area contributed by atoms with Crippen LogP contribution in [0.2, 0.25) is 0 Å².